The molecule has 8 nitrogen and oxygen atoms in total. The number of hydrogen-bond acceptors (Lipinski definition) is 8. The first kappa shape index (κ1) is 20.3. The minimum atomic E-state index is -0.566. The largest absolute Gasteiger partial charge is 0.493 e. The minimum absolute atomic E-state index is 0.00133. The van der Waals surface area contributed by atoms with E-state index in [0.29, 0.717) is 22.8 Å². The second-order valence-corrected chi connectivity index (χ2v) is 6.91. The molecule has 0 amide bonds. The molecule has 1 heterocycles. The Morgan fingerprint density at radius 3 is 2.55 bits per heavy atom. The van der Waals surface area contributed by atoms with Crippen LogP contribution in [0.25, 0.3) is 10.6 Å². The van der Waals surface area contributed by atoms with Gasteiger partial charge in [0.2, 0.25) is 0 Å². The molecular formula is C20H18N2O6S. The zero-order chi connectivity index (χ0) is 21.0. The van der Waals surface area contributed by atoms with Crippen molar-refractivity contribution in [3.63, 3.8) is 0 Å². The van der Waals surface area contributed by atoms with Crippen LogP contribution in [-0.2, 0) is 11.3 Å². The number of methoxy groups -OCH3 is 2. The van der Waals surface area contributed by atoms with Crippen molar-refractivity contribution in [2.24, 2.45) is 0 Å². The smallest absolute Gasteiger partial charge is 0.338 e. The highest BCUT2D eigenvalue weighted by Crippen LogP contribution is 2.33. The van der Waals surface area contributed by atoms with Crippen molar-refractivity contribution in [1.82, 2.24) is 4.98 Å². The maximum absolute atomic E-state index is 12.2. The molecule has 0 aliphatic heterocycles. The number of hydrogen-bond donors (Lipinski definition) is 0. The molecule has 3 aromatic rings. The number of esters is 1. The third-order valence-corrected chi connectivity index (χ3v) is 5.10. The van der Waals surface area contributed by atoms with E-state index in [2.05, 4.69) is 4.98 Å². The summed E-state index contributed by atoms with van der Waals surface area (Å²) < 4.78 is 15.8. The summed E-state index contributed by atoms with van der Waals surface area (Å²) in [5.41, 5.74) is 2.07. The molecule has 150 valence electrons. The monoisotopic (exact) mass is 414 g/mol. The second-order valence-electron chi connectivity index (χ2n) is 6.05. The van der Waals surface area contributed by atoms with Gasteiger partial charge in [-0.3, -0.25) is 10.1 Å². The predicted molar refractivity (Wildman–Crippen MR) is 108 cm³/mol. The molecule has 0 fully saturated rings. The summed E-state index contributed by atoms with van der Waals surface area (Å²) in [6.45, 7) is 1.57. The van der Waals surface area contributed by atoms with Gasteiger partial charge < -0.3 is 14.2 Å². The van der Waals surface area contributed by atoms with Crippen LogP contribution in [0, 0.1) is 17.0 Å². The predicted octanol–water partition coefficient (Wildman–Crippen LogP) is 4.40. The van der Waals surface area contributed by atoms with Gasteiger partial charge in [-0.1, -0.05) is 0 Å². The standard InChI is InChI=1S/C20H18N2O6S/c1-12-8-14(4-6-16(12)22(24)25)20(23)28-10-15-11-29-19(21-15)13-5-7-17(26-2)18(9-13)27-3/h4-9,11H,10H2,1-3H3. The number of aromatic nitrogens is 1. The molecule has 3 rings (SSSR count). The van der Waals surface area contributed by atoms with Crippen LogP contribution in [0.2, 0.25) is 0 Å². The molecule has 0 aliphatic rings. The van der Waals surface area contributed by atoms with Crippen LogP contribution in [-0.4, -0.2) is 30.1 Å². The van der Waals surface area contributed by atoms with Crippen LogP contribution in [0.5, 0.6) is 11.5 Å². The van der Waals surface area contributed by atoms with Crippen molar-refractivity contribution in [3.8, 4) is 22.1 Å². The number of carbonyl (C=O) groups is 1. The Hall–Kier alpha value is -3.46. The fourth-order valence-electron chi connectivity index (χ4n) is 2.69. The van der Waals surface area contributed by atoms with Crippen LogP contribution in [0.1, 0.15) is 21.6 Å². The molecular weight excluding hydrogens is 396 g/mol. The minimum Gasteiger partial charge on any atom is -0.493 e. The van der Waals surface area contributed by atoms with Gasteiger partial charge in [0.05, 0.1) is 30.4 Å². The summed E-state index contributed by atoms with van der Waals surface area (Å²) in [7, 11) is 3.13. The van der Waals surface area contributed by atoms with E-state index in [9.17, 15) is 14.9 Å². The van der Waals surface area contributed by atoms with E-state index in [4.69, 9.17) is 14.2 Å². The number of rotatable bonds is 7. The third kappa shape index (κ3) is 4.52. The average Bonchev–Trinajstić information content (AvgIpc) is 3.20. The fraction of sp³-hybridized carbons (Fsp3) is 0.200. The Kier molecular flexibility index (Phi) is 6.08. The van der Waals surface area contributed by atoms with E-state index in [1.54, 1.807) is 32.6 Å². The third-order valence-electron chi connectivity index (χ3n) is 4.16. The van der Waals surface area contributed by atoms with Crippen LogP contribution in [0.4, 0.5) is 5.69 Å². The van der Waals surface area contributed by atoms with Crippen molar-refractivity contribution < 1.29 is 23.9 Å². The number of aryl methyl sites for hydroxylation is 1. The van der Waals surface area contributed by atoms with E-state index < -0.39 is 10.9 Å². The van der Waals surface area contributed by atoms with Gasteiger partial charge in [-0.15, -0.1) is 11.3 Å². The number of nitro benzene ring substituents is 1. The van der Waals surface area contributed by atoms with Crippen molar-refractivity contribution in [1.29, 1.82) is 0 Å². The Morgan fingerprint density at radius 2 is 1.90 bits per heavy atom. The van der Waals surface area contributed by atoms with E-state index >= 15 is 0 Å². The topological polar surface area (TPSA) is 101 Å². The number of benzene rings is 2. The number of nitrogens with zero attached hydrogens (tertiary/aromatic N) is 2. The Balaban J connectivity index is 1.68. The lowest BCUT2D eigenvalue weighted by Gasteiger charge is -2.08. The van der Waals surface area contributed by atoms with E-state index in [-0.39, 0.29) is 17.9 Å². The lowest BCUT2D eigenvalue weighted by atomic mass is 10.1. The number of thiazole rings is 1. The molecule has 0 bridgehead atoms. The highest BCUT2D eigenvalue weighted by atomic mass is 32.1. The SMILES string of the molecule is COc1ccc(-c2nc(COC(=O)c3ccc([N+](=O)[O-])c(C)c3)cs2)cc1OC. The molecule has 0 saturated carbocycles. The van der Waals surface area contributed by atoms with Crippen molar-refractivity contribution in [2.45, 2.75) is 13.5 Å². The summed E-state index contributed by atoms with van der Waals surface area (Å²) in [6, 6.07) is 9.61. The van der Waals surface area contributed by atoms with Gasteiger partial charge >= 0.3 is 5.97 Å². The van der Waals surface area contributed by atoms with Crippen LogP contribution in [0.15, 0.2) is 41.8 Å². The summed E-state index contributed by atoms with van der Waals surface area (Å²) >= 11 is 1.42. The summed E-state index contributed by atoms with van der Waals surface area (Å²) in [4.78, 5) is 27.1. The second kappa shape index (κ2) is 8.70. The maximum atomic E-state index is 12.2. The first-order valence-electron chi connectivity index (χ1n) is 8.52. The molecule has 1 aromatic heterocycles. The quantitative estimate of drug-likeness (QED) is 0.321. The number of nitro groups is 1. The zero-order valence-corrected chi connectivity index (χ0v) is 16.8. The van der Waals surface area contributed by atoms with E-state index in [0.717, 1.165) is 10.6 Å². The first-order valence-corrected chi connectivity index (χ1v) is 9.40. The fourth-order valence-corrected chi connectivity index (χ4v) is 3.49. The Labute approximate surface area is 170 Å². The Morgan fingerprint density at radius 1 is 1.14 bits per heavy atom. The van der Waals surface area contributed by atoms with Gasteiger partial charge in [-0.25, -0.2) is 9.78 Å². The first-order chi connectivity index (χ1) is 13.9. The molecule has 0 saturated heterocycles. The average molecular weight is 414 g/mol. The number of carbonyl (C=O) groups excluding carboxylic acids is 1. The van der Waals surface area contributed by atoms with Crippen LogP contribution >= 0.6 is 11.3 Å². The molecule has 0 N–H and O–H groups in total. The lowest BCUT2D eigenvalue weighted by molar-refractivity contribution is -0.385. The molecule has 0 spiro atoms. The van der Waals surface area contributed by atoms with Gasteiger partial charge in [0.25, 0.3) is 5.69 Å². The molecule has 29 heavy (non-hydrogen) atoms. The van der Waals surface area contributed by atoms with Gasteiger partial charge in [0, 0.05) is 22.6 Å². The van der Waals surface area contributed by atoms with Gasteiger partial charge in [0.1, 0.15) is 11.6 Å². The molecule has 0 radical (unpaired) electrons. The number of ether oxygens (including phenoxy) is 3. The molecule has 0 atom stereocenters. The summed E-state index contributed by atoms with van der Waals surface area (Å²) in [5.74, 6) is 0.658. The Bertz CT molecular complexity index is 1060. The highest BCUT2D eigenvalue weighted by molar-refractivity contribution is 7.13. The van der Waals surface area contributed by atoms with Crippen molar-refractivity contribution in [3.05, 3.63) is 68.7 Å². The maximum Gasteiger partial charge on any atom is 0.338 e. The summed E-state index contributed by atoms with van der Waals surface area (Å²) in [5, 5.41) is 13.4. The van der Waals surface area contributed by atoms with Crippen LogP contribution in [0.3, 0.4) is 0 Å². The lowest BCUT2D eigenvalue weighted by Crippen LogP contribution is -2.06. The molecule has 0 unspecified atom stereocenters. The summed E-state index contributed by atoms with van der Waals surface area (Å²) in [6.07, 6.45) is 0. The van der Waals surface area contributed by atoms with Crippen molar-refractivity contribution >= 4 is 23.0 Å². The molecule has 2 aromatic carbocycles. The van der Waals surface area contributed by atoms with Gasteiger partial charge in [-0.2, -0.15) is 0 Å². The van der Waals surface area contributed by atoms with Gasteiger partial charge in [0.15, 0.2) is 11.5 Å². The zero-order valence-electron chi connectivity index (χ0n) is 16.0. The van der Waals surface area contributed by atoms with E-state index in [1.165, 1.54) is 29.5 Å². The molecule has 9 heteroatoms. The van der Waals surface area contributed by atoms with E-state index in [1.807, 2.05) is 12.1 Å². The normalized spacial score (nSPS) is 10.4. The molecule has 0 aliphatic carbocycles. The van der Waals surface area contributed by atoms with Gasteiger partial charge in [-0.05, 0) is 37.3 Å². The van der Waals surface area contributed by atoms with Crippen molar-refractivity contribution in [2.75, 3.05) is 14.2 Å². The highest BCUT2D eigenvalue weighted by Gasteiger charge is 2.16. The van der Waals surface area contributed by atoms with Crippen LogP contribution < -0.4 is 9.47 Å².